The van der Waals surface area contributed by atoms with Crippen molar-refractivity contribution in [1.29, 1.82) is 0 Å². The molecule has 0 bridgehead atoms. The number of aromatic carboxylic acids is 1. The summed E-state index contributed by atoms with van der Waals surface area (Å²) in [5, 5.41) is 12.0. The van der Waals surface area contributed by atoms with Crippen molar-refractivity contribution in [1.82, 2.24) is 9.97 Å². The van der Waals surface area contributed by atoms with Crippen LogP contribution in [-0.4, -0.2) is 27.7 Å². The third kappa shape index (κ3) is 2.83. The number of nitrogens with zero attached hydrogens (tertiary/aromatic N) is 2. The van der Waals surface area contributed by atoms with Gasteiger partial charge in [-0.15, -0.1) is 0 Å². The minimum absolute atomic E-state index is 0.124. The number of nitrogens with one attached hydrogen (secondary N) is 1. The van der Waals surface area contributed by atoms with Crippen LogP contribution in [0.5, 0.6) is 5.75 Å². The highest BCUT2D eigenvalue weighted by atomic mass is 19.1. The van der Waals surface area contributed by atoms with Crippen molar-refractivity contribution in [3.63, 3.8) is 0 Å². The number of fused-ring (bicyclic) bond motifs is 1. The van der Waals surface area contributed by atoms with Crippen LogP contribution < -0.4 is 10.1 Å². The van der Waals surface area contributed by atoms with Crippen molar-refractivity contribution in [3.05, 3.63) is 47.7 Å². The highest BCUT2D eigenvalue weighted by molar-refractivity contribution is 5.84. The van der Waals surface area contributed by atoms with Crippen LogP contribution in [0.25, 0.3) is 0 Å². The fourth-order valence-electron chi connectivity index (χ4n) is 2.41. The molecular formula is C15H14FN3O3. The Hall–Kier alpha value is -2.70. The van der Waals surface area contributed by atoms with E-state index in [-0.39, 0.29) is 17.5 Å². The first-order chi connectivity index (χ1) is 10.6. The summed E-state index contributed by atoms with van der Waals surface area (Å²) >= 11 is 0. The predicted octanol–water partition coefficient (Wildman–Crippen LogP) is 2.64. The SMILES string of the molecule is O=C(O)c1cnc(NC2CCCOc3c(F)cccc32)cn1. The summed E-state index contributed by atoms with van der Waals surface area (Å²) in [6.45, 7) is 0.454. The second kappa shape index (κ2) is 5.97. The fourth-order valence-corrected chi connectivity index (χ4v) is 2.41. The highest BCUT2D eigenvalue weighted by Crippen LogP contribution is 2.35. The Kier molecular flexibility index (Phi) is 3.86. The maximum atomic E-state index is 13.9. The monoisotopic (exact) mass is 303 g/mol. The summed E-state index contributed by atoms with van der Waals surface area (Å²) in [5.74, 6) is -0.826. The molecular weight excluding hydrogens is 289 g/mol. The zero-order valence-corrected chi connectivity index (χ0v) is 11.6. The van der Waals surface area contributed by atoms with E-state index in [0.29, 0.717) is 12.4 Å². The van der Waals surface area contributed by atoms with Gasteiger partial charge in [-0.3, -0.25) is 0 Å². The molecule has 0 fully saturated rings. The second-order valence-electron chi connectivity index (χ2n) is 4.94. The van der Waals surface area contributed by atoms with Crippen LogP contribution in [0.2, 0.25) is 0 Å². The lowest BCUT2D eigenvalue weighted by molar-refractivity contribution is 0.0690. The average molecular weight is 303 g/mol. The molecule has 1 aliphatic heterocycles. The summed E-state index contributed by atoms with van der Waals surface area (Å²) in [5.41, 5.74) is 0.600. The number of carboxylic acid groups (broad SMARTS) is 1. The van der Waals surface area contributed by atoms with Crippen LogP contribution in [0.15, 0.2) is 30.6 Å². The number of aromatic nitrogens is 2. The molecule has 1 atom stereocenters. The van der Waals surface area contributed by atoms with Crippen LogP contribution in [0.4, 0.5) is 10.2 Å². The zero-order valence-electron chi connectivity index (χ0n) is 11.6. The van der Waals surface area contributed by atoms with Crippen molar-refractivity contribution in [2.75, 3.05) is 11.9 Å². The first-order valence-electron chi connectivity index (χ1n) is 6.88. The molecule has 1 aromatic carbocycles. The van der Waals surface area contributed by atoms with Gasteiger partial charge in [-0.2, -0.15) is 0 Å². The number of hydrogen-bond donors (Lipinski definition) is 2. The number of ether oxygens (including phenoxy) is 1. The standard InChI is InChI=1S/C15H14FN3O3/c16-10-4-1-3-9-11(5-2-6-22-14(9)10)19-13-8-17-12(7-18-13)15(20)21/h1,3-4,7-8,11H,2,5-6H2,(H,18,19)(H,20,21). The molecule has 22 heavy (non-hydrogen) atoms. The van der Waals surface area contributed by atoms with Gasteiger partial charge in [-0.25, -0.2) is 19.2 Å². The number of carboxylic acids is 1. The Morgan fingerprint density at radius 1 is 1.36 bits per heavy atom. The molecule has 0 radical (unpaired) electrons. The van der Waals surface area contributed by atoms with Crippen LogP contribution in [0.3, 0.4) is 0 Å². The molecule has 6 nitrogen and oxygen atoms in total. The van der Waals surface area contributed by atoms with Crippen LogP contribution in [0, 0.1) is 5.82 Å². The lowest BCUT2D eigenvalue weighted by atomic mass is 10.0. The first-order valence-corrected chi connectivity index (χ1v) is 6.88. The van der Waals surface area contributed by atoms with E-state index >= 15 is 0 Å². The van der Waals surface area contributed by atoms with Gasteiger partial charge in [-0.1, -0.05) is 12.1 Å². The molecule has 0 amide bonds. The second-order valence-corrected chi connectivity index (χ2v) is 4.94. The molecule has 0 spiro atoms. The number of benzene rings is 1. The summed E-state index contributed by atoms with van der Waals surface area (Å²) in [6, 6.07) is 4.64. The molecule has 0 saturated carbocycles. The minimum atomic E-state index is -1.13. The Morgan fingerprint density at radius 3 is 2.95 bits per heavy atom. The van der Waals surface area contributed by atoms with Gasteiger partial charge in [0.2, 0.25) is 0 Å². The highest BCUT2D eigenvalue weighted by Gasteiger charge is 2.22. The topological polar surface area (TPSA) is 84.3 Å². The maximum absolute atomic E-state index is 13.9. The number of carbonyl (C=O) groups is 1. The van der Waals surface area contributed by atoms with Gasteiger partial charge in [0.05, 0.1) is 25.0 Å². The largest absolute Gasteiger partial charge is 0.490 e. The molecule has 0 aliphatic carbocycles. The molecule has 114 valence electrons. The minimum Gasteiger partial charge on any atom is -0.490 e. The Morgan fingerprint density at radius 2 is 2.23 bits per heavy atom. The lowest BCUT2D eigenvalue weighted by Gasteiger charge is -2.18. The van der Waals surface area contributed by atoms with Crippen molar-refractivity contribution in [3.8, 4) is 5.75 Å². The van der Waals surface area contributed by atoms with E-state index in [4.69, 9.17) is 9.84 Å². The van der Waals surface area contributed by atoms with Crippen molar-refractivity contribution >= 4 is 11.8 Å². The number of hydrogen-bond acceptors (Lipinski definition) is 5. The molecule has 3 rings (SSSR count). The number of halogens is 1. The van der Waals surface area contributed by atoms with Gasteiger partial charge in [0.1, 0.15) is 5.82 Å². The zero-order chi connectivity index (χ0) is 15.5. The van der Waals surface area contributed by atoms with Gasteiger partial charge in [0.25, 0.3) is 0 Å². The van der Waals surface area contributed by atoms with E-state index in [1.807, 2.05) is 0 Å². The number of rotatable bonds is 3. The average Bonchev–Trinajstić information content (AvgIpc) is 2.72. The van der Waals surface area contributed by atoms with Gasteiger partial charge < -0.3 is 15.2 Å². The molecule has 1 aromatic heterocycles. The van der Waals surface area contributed by atoms with Crippen molar-refractivity contribution in [2.24, 2.45) is 0 Å². The summed E-state index contributed by atoms with van der Waals surface area (Å²) < 4.78 is 19.3. The summed E-state index contributed by atoms with van der Waals surface area (Å²) in [4.78, 5) is 18.6. The van der Waals surface area contributed by atoms with Crippen molar-refractivity contribution < 1.29 is 19.0 Å². The number of anilines is 1. The molecule has 2 heterocycles. The maximum Gasteiger partial charge on any atom is 0.356 e. The van der Waals surface area contributed by atoms with Crippen molar-refractivity contribution in [2.45, 2.75) is 18.9 Å². The smallest absolute Gasteiger partial charge is 0.356 e. The Bertz CT molecular complexity index is 691. The predicted molar refractivity (Wildman–Crippen MR) is 76.5 cm³/mol. The van der Waals surface area contributed by atoms with E-state index in [1.165, 1.54) is 18.5 Å². The molecule has 1 unspecified atom stereocenters. The van der Waals surface area contributed by atoms with Crippen LogP contribution in [-0.2, 0) is 0 Å². The van der Waals surface area contributed by atoms with E-state index < -0.39 is 11.8 Å². The summed E-state index contributed by atoms with van der Waals surface area (Å²) in [6.07, 6.45) is 4.06. The van der Waals surface area contributed by atoms with Crippen LogP contribution in [0.1, 0.15) is 34.9 Å². The molecule has 1 aliphatic rings. The van der Waals surface area contributed by atoms with Crippen LogP contribution >= 0.6 is 0 Å². The third-order valence-corrected chi connectivity index (χ3v) is 3.45. The van der Waals surface area contributed by atoms with E-state index in [2.05, 4.69) is 15.3 Å². The Labute approximate surface area is 126 Å². The normalized spacial score (nSPS) is 17.0. The van der Waals surface area contributed by atoms with E-state index in [0.717, 1.165) is 18.4 Å². The summed E-state index contributed by atoms with van der Waals surface area (Å²) in [7, 11) is 0. The molecule has 2 N–H and O–H groups in total. The first kappa shape index (κ1) is 14.2. The van der Waals surface area contributed by atoms with E-state index in [1.54, 1.807) is 12.1 Å². The van der Waals surface area contributed by atoms with E-state index in [9.17, 15) is 9.18 Å². The van der Waals surface area contributed by atoms with Gasteiger partial charge in [0, 0.05) is 5.56 Å². The molecule has 2 aromatic rings. The fraction of sp³-hybridized carbons (Fsp3) is 0.267. The third-order valence-electron chi connectivity index (χ3n) is 3.45. The lowest BCUT2D eigenvalue weighted by Crippen LogP contribution is -2.12. The quantitative estimate of drug-likeness (QED) is 0.907. The van der Waals surface area contributed by atoms with Gasteiger partial charge in [0.15, 0.2) is 17.3 Å². The van der Waals surface area contributed by atoms with Gasteiger partial charge >= 0.3 is 5.97 Å². The molecule has 0 saturated heterocycles. The Balaban J connectivity index is 1.86. The van der Waals surface area contributed by atoms with Gasteiger partial charge in [-0.05, 0) is 18.9 Å². The molecule has 7 heteroatoms. The number of para-hydroxylation sites is 1.